The van der Waals surface area contributed by atoms with Gasteiger partial charge in [-0.2, -0.15) is 4.52 Å². The molecule has 0 heterocycles. The van der Waals surface area contributed by atoms with Crippen LogP contribution in [0.25, 0.3) is 0 Å². The molecule has 4 nitrogen and oxygen atoms in total. The van der Waals surface area contributed by atoms with Crippen molar-refractivity contribution in [2.45, 2.75) is 20.8 Å². The van der Waals surface area contributed by atoms with Crippen molar-refractivity contribution >= 4 is 17.1 Å². The molecule has 0 fully saturated rings. The summed E-state index contributed by atoms with van der Waals surface area (Å²) in [5.41, 5.74) is 3.55. The van der Waals surface area contributed by atoms with Crippen molar-refractivity contribution in [2.75, 3.05) is 0 Å². The highest BCUT2D eigenvalue weighted by atomic mass is 31.2. The van der Waals surface area contributed by atoms with E-state index in [1.54, 1.807) is 0 Å². The molecular weight excluding hydrogens is 376 g/mol. The van der Waals surface area contributed by atoms with Crippen molar-refractivity contribution in [3.8, 4) is 17.2 Å². The molecule has 1 unspecified atom stereocenters. The third-order valence-corrected chi connectivity index (χ3v) is 6.02. The van der Waals surface area contributed by atoms with E-state index in [4.69, 9.17) is 13.6 Å². The number of aryl methyl sites for hydroxylation is 3. The standard InChI is InChI=1S/C21H23NO3P2/c1-16-4-10-19(11-5-16)23-26-22-27(24-20-12-6-17(2)7-13-20)25-21-14-8-18(3)9-15-21/h4-15,26-27H,1-3H3. The minimum Gasteiger partial charge on any atom is -0.454 e. The second kappa shape index (κ2) is 9.60. The fourth-order valence-electron chi connectivity index (χ4n) is 2.20. The predicted octanol–water partition coefficient (Wildman–Crippen LogP) is 6.88. The minimum atomic E-state index is -1.94. The molecule has 0 aliphatic rings. The van der Waals surface area contributed by atoms with Crippen molar-refractivity contribution in [2.24, 2.45) is 4.52 Å². The quantitative estimate of drug-likeness (QED) is 0.406. The maximum Gasteiger partial charge on any atom is 0.308 e. The lowest BCUT2D eigenvalue weighted by Gasteiger charge is -2.13. The highest BCUT2D eigenvalue weighted by molar-refractivity contribution is 7.47. The molecule has 3 aromatic carbocycles. The van der Waals surface area contributed by atoms with Gasteiger partial charge >= 0.3 is 8.17 Å². The largest absolute Gasteiger partial charge is 0.454 e. The summed E-state index contributed by atoms with van der Waals surface area (Å²) in [5, 5.41) is 0. The molecule has 3 aromatic rings. The molecule has 0 aliphatic carbocycles. The van der Waals surface area contributed by atoms with Crippen LogP contribution in [0.2, 0.25) is 0 Å². The van der Waals surface area contributed by atoms with Crippen molar-refractivity contribution in [1.82, 2.24) is 0 Å². The Balaban J connectivity index is 1.71. The molecule has 0 spiro atoms. The Morgan fingerprint density at radius 2 is 0.963 bits per heavy atom. The molecule has 0 amide bonds. The van der Waals surface area contributed by atoms with Gasteiger partial charge in [0.1, 0.15) is 17.2 Å². The summed E-state index contributed by atoms with van der Waals surface area (Å²) in [6, 6.07) is 23.6. The average Bonchev–Trinajstić information content (AvgIpc) is 2.67. The zero-order valence-corrected chi connectivity index (χ0v) is 17.6. The fraction of sp³-hybridized carbons (Fsp3) is 0.143. The molecule has 0 aromatic heterocycles. The van der Waals surface area contributed by atoms with Gasteiger partial charge in [0.2, 0.25) is 8.96 Å². The first kappa shape index (κ1) is 19.5. The van der Waals surface area contributed by atoms with E-state index in [0.717, 1.165) is 17.2 Å². The normalized spacial score (nSPS) is 11.0. The topological polar surface area (TPSA) is 40.0 Å². The monoisotopic (exact) mass is 399 g/mol. The molecule has 0 saturated carbocycles. The van der Waals surface area contributed by atoms with E-state index in [1.807, 2.05) is 93.6 Å². The van der Waals surface area contributed by atoms with Gasteiger partial charge < -0.3 is 13.6 Å². The Bertz CT molecular complexity index is 843. The first-order chi connectivity index (χ1) is 13.1. The second-order valence-corrected chi connectivity index (χ2v) is 8.44. The minimum absolute atomic E-state index is 0.0942. The van der Waals surface area contributed by atoms with Crippen LogP contribution in [0.15, 0.2) is 77.3 Å². The molecule has 27 heavy (non-hydrogen) atoms. The lowest BCUT2D eigenvalue weighted by Crippen LogP contribution is -1.90. The molecule has 0 N–H and O–H groups in total. The lowest BCUT2D eigenvalue weighted by molar-refractivity contribution is 0.503. The van der Waals surface area contributed by atoms with Gasteiger partial charge in [-0.05, 0) is 57.2 Å². The number of hydrogen-bond donors (Lipinski definition) is 0. The highest BCUT2D eigenvalue weighted by Crippen LogP contribution is 2.38. The first-order valence-corrected chi connectivity index (χ1v) is 10.8. The molecule has 0 bridgehead atoms. The van der Waals surface area contributed by atoms with E-state index in [9.17, 15) is 0 Å². The Morgan fingerprint density at radius 3 is 1.37 bits per heavy atom. The summed E-state index contributed by atoms with van der Waals surface area (Å²) in [6.07, 6.45) is 0. The molecule has 0 saturated heterocycles. The van der Waals surface area contributed by atoms with Crippen LogP contribution >= 0.6 is 17.1 Å². The summed E-state index contributed by atoms with van der Waals surface area (Å²) in [4.78, 5) is 0. The number of rotatable bonds is 7. The van der Waals surface area contributed by atoms with Crippen LogP contribution in [0.4, 0.5) is 0 Å². The molecule has 0 radical (unpaired) electrons. The van der Waals surface area contributed by atoms with Crippen LogP contribution in [0.3, 0.4) is 0 Å². The van der Waals surface area contributed by atoms with E-state index < -0.39 is 8.17 Å². The van der Waals surface area contributed by atoms with Gasteiger partial charge in [-0.15, -0.1) is 0 Å². The van der Waals surface area contributed by atoms with Gasteiger partial charge in [0.05, 0.1) is 0 Å². The van der Waals surface area contributed by atoms with E-state index in [2.05, 4.69) is 4.52 Å². The summed E-state index contributed by atoms with van der Waals surface area (Å²) in [6.45, 7) is 6.13. The summed E-state index contributed by atoms with van der Waals surface area (Å²) in [7, 11) is -2.03. The molecule has 140 valence electrons. The smallest absolute Gasteiger partial charge is 0.308 e. The van der Waals surface area contributed by atoms with Crippen LogP contribution in [0.1, 0.15) is 16.7 Å². The van der Waals surface area contributed by atoms with E-state index >= 15 is 0 Å². The van der Waals surface area contributed by atoms with Gasteiger partial charge in [0.25, 0.3) is 0 Å². The second-order valence-electron chi connectivity index (χ2n) is 6.21. The zero-order valence-electron chi connectivity index (χ0n) is 15.6. The predicted molar refractivity (Wildman–Crippen MR) is 114 cm³/mol. The van der Waals surface area contributed by atoms with Crippen molar-refractivity contribution < 1.29 is 13.6 Å². The van der Waals surface area contributed by atoms with Crippen LogP contribution in [-0.2, 0) is 0 Å². The summed E-state index contributed by atoms with van der Waals surface area (Å²) in [5.74, 6) is 2.27. The van der Waals surface area contributed by atoms with Crippen molar-refractivity contribution in [1.29, 1.82) is 0 Å². The van der Waals surface area contributed by atoms with Gasteiger partial charge in [-0.1, -0.05) is 53.1 Å². The van der Waals surface area contributed by atoms with Gasteiger partial charge in [0, 0.05) is 0 Å². The maximum absolute atomic E-state index is 6.00. The molecule has 6 heteroatoms. The van der Waals surface area contributed by atoms with Crippen LogP contribution < -0.4 is 13.6 Å². The van der Waals surface area contributed by atoms with E-state index in [1.165, 1.54) is 16.7 Å². The number of hydrogen-bond acceptors (Lipinski definition) is 4. The first-order valence-electron chi connectivity index (χ1n) is 8.64. The molecular formula is C21H23NO3P2. The highest BCUT2D eigenvalue weighted by Gasteiger charge is 2.04. The van der Waals surface area contributed by atoms with Crippen molar-refractivity contribution in [3.05, 3.63) is 89.5 Å². The molecule has 1 atom stereocenters. The Kier molecular flexibility index (Phi) is 6.92. The van der Waals surface area contributed by atoms with Crippen molar-refractivity contribution in [3.63, 3.8) is 0 Å². The Hall–Kier alpha value is -2.28. The Labute approximate surface area is 163 Å². The fourth-order valence-corrected chi connectivity index (χ4v) is 4.00. The average molecular weight is 399 g/mol. The van der Waals surface area contributed by atoms with Gasteiger partial charge in [-0.3, -0.25) is 0 Å². The zero-order chi connectivity index (χ0) is 19.1. The molecule has 0 aliphatic heterocycles. The van der Waals surface area contributed by atoms with Crippen LogP contribution in [0.5, 0.6) is 17.2 Å². The number of benzene rings is 3. The number of nitrogens with zero attached hydrogens (tertiary/aromatic N) is 1. The Morgan fingerprint density at radius 1 is 0.593 bits per heavy atom. The van der Waals surface area contributed by atoms with E-state index in [-0.39, 0.29) is 8.96 Å². The third kappa shape index (κ3) is 6.43. The van der Waals surface area contributed by atoms with Gasteiger partial charge in [0.15, 0.2) is 0 Å². The lowest BCUT2D eigenvalue weighted by atomic mass is 10.2. The molecule has 3 rings (SSSR count). The third-order valence-electron chi connectivity index (χ3n) is 3.77. The van der Waals surface area contributed by atoms with Crippen LogP contribution in [-0.4, -0.2) is 0 Å². The maximum atomic E-state index is 6.00. The van der Waals surface area contributed by atoms with E-state index in [0.29, 0.717) is 0 Å². The van der Waals surface area contributed by atoms with Crippen LogP contribution in [0, 0.1) is 20.8 Å². The van der Waals surface area contributed by atoms with Gasteiger partial charge in [-0.25, -0.2) is 0 Å². The summed E-state index contributed by atoms with van der Waals surface area (Å²) >= 11 is 0. The summed E-state index contributed by atoms with van der Waals surface area (Å²) < 4.78 is 22.3. The SMILES string of the molecule is Cc1ccc(OPN=[PH](Oc2ccc(C)cc2)Oc2ccc(C)cc2)cc1.